The number of halogens is 1. The first-order chi connectivity index (χ1) is 7.60. The van der Waals surface area contributed by atoms with Crippen molar-refractivity contribution in [3.63, 3.8) is 0 Å². The molecule has 0 saturated carbocycles. The second-order valence-corrected chi connectivity index (χ2v) is 4.20. The molecule has 2 nitrogen and oxygen atoms in total. The van der Waals surface area contributed by atoms with Gasteiger partial charge in [0.15, 0.2) is 0 Å². The maximum Gasteiger partial charge on any atom is 0.223 e. The van der Waals surface area contributed by atoms with Crippen LogP contribution in [0, 0.1) is 6.92 Å². The Bertz CT molecular complexity index is 376. The van der Waals surface area contributed by atoms with E-state index in [1.54, 1.807) is 11.8 Å². The van der Waals surface area contributed by atoms with E-state index in [1.807, 2.05) is 26.0 Å². The Labute approximate surface area is 102 Å². The lowest BCUT2D eigenvalue weighted by molar-refractivity contribution is -0.116. The normalized spacial score (nSPS) is 10.2. The zero-order valence-corrected chi connectivity index (χ0v) is 10.8. The van der Waals surface area contributed by atoms with Gasteiger partial charge in [0, 0.05) is 25.0 Å². The van der Waals surface area contributed by atoms with Gasteiger partial charge in [-0.25, -0.2) is 0 Å². The van der Waals surface area contributed by atoms with E-state index in [-0.39, 0.29) is 5.91 Å². The molecule has 0 spiro atoms. The number of anilines is 1. The molecule has 16 heavy (non-hydrogen) atoms. The molecule has 3 heteroatoms. The molecule has 0 aromatic heterocycles. The minimum atomic E-state index is 0.0793. The summed E-state index contributed by atoms with van der Waals surface area (Å²) in [6.45, 7) is 6.30. The Balaban J connectivity index is 3.01. The lowest BCUT2D eigenvalue weighted by atomic mass is 10.1. The smallest absolute Gasteiger partial charge is 0.223 e. The molecule has 0 bridgehead atoms. The largest absolute Gasteiger partial charge is 0.313 e. The van der Waals surface area contributed by atoms with Gasteiger partial charge in [-0.2, -0.15) is 0 Å². The molecule has 1 amide bonds. The number of benzene rings is 1. The van der Waals surface area contributed by atoms with E-state index < -0.39 is 0 Å². The molecule has 0 unspecified atom stereocenters. The monoisotopic (exact) mass is 239 g/mol. The van der Waals surface area contributed by atoms with Crippen LogP contribution in [0.15, 0.2) is 18.2 Å². The third-order valence-corrected chi connectivity index (χ3v) is 2.82. The predicted molar refractivity (Wildman–Crippen MR) is 69.3 cm³/mol. The second-order valence-electron chi connectivity index (χ2n) is 3.82. The third-order valence-electron chi connectivity index (χ3n) is 2.63. The average molecular weight is 240 g/mol. The second kappa shape index (κ2) is 5.90. The number of hydrogen-bond donors (Lipinski definition) is 0. The van der Waals surface area contributed by atoms with Gasteiger partial charge in [0.25, 0.3) is 0 Å². The lowest BCUT2D eigenvalue weighted by Gasteiger charge is -2.21. The number of rotatable bonds is 4. The molecule has 88 valence electrons. The minimum Gasteiger partial charge on any atom is -0.313 e. The van der Waals surface area contributed by atoms with Gasteiger partial charge in [-0.15, -0.1) is 11.6 Å². The highest BCUT2D eigenvalue weighted by Gasteiger charge is 2.11. The van der Waals surface area contributed by atoms with Crippen LogP contribution < -0.4 is 4.90 Å². The van der Waals surface area contributed by atoms with E-state index >= 15 is 0 Å². The van der Waals surface area contributed by atoms with Crippen LogP contribution in [0.1, 0.15) is 25.0 Å². The number of carbonyl (C=O) groups excluding carboxylic acids is 1. The van der Waals surface area contributed by atoms with Gasteiger partial charge in [0.1, 0.15) is 0 Å². The molecule has 1 rings (SSSR count). The molecule has 0 heterocycles. The Morgan fingerprint density at radius 3 is 2.56 bits per heavy atom. The summed E-state index contributed by atoms with van der Waals surface area (Å²) in [4.78, 5) is 13.2. The summed E-state index contributed by atoms with van der Waals surface area (Å²) in [6.07, 6.45) is 0.870. The first kappa shape index (κ1) is 13.0. The Kier molecular flexibility index (Phi) is 4.81. The van der Waals surface area contributed by atoms with Gasteiger partial charge in [0.05, 0.1) is 0 Å². The number of hydrogen-bond acceptors (Lipinski definition) is 1. The van der Waals surface area contributed by atoms with Crippen molar-refractivity contribution in [2.75, 3.05) is 17.3 Å². The summed E-state index contributed by atoms with van der Waals surface area (Å²) in [5.74, 6) is 0.707. The van der Waals surface area contributed by atoms with Crippen LogP contribution in [-0.4, -0.2) is 18.3 Å². The fraction of sp³-hybridized carbons (Fsp3) is 0.462. The van der Waals surface area contributed by atoms with E-state index in [1.165, 1.54) is 5.56 Å². The zero-order valence-electron chi connectivity index (χ0n) is 10.1. The highest BCUT2D eigenvalue weighted by atomic mass is 35.5. The Morgan fingerprint density at radius 2 is 2.12 bits per heavy atom. The summed E-state index contributed by atoms with van der Waals surface area (Å²) in [6, 6.07) is 6.14. The number of aryl methyl sites for hydroxylation is 2. The van der Waals surface area contributed by atoms with Gasteiger partial charge in [-0.3, -0.25) is 4.79 Å². The molecular formula is C13H18ClNO. The molecule has 0 atom stereocenters. The molecular weight excluding hydrogens is 222 g/mol. The molecule has 0 aliphatic carbocycles. The number of carbonyl (C=O) groups is 1. The van der Waals surface area contributed by atoms with E-state index in [9.17, 15) is 4.79 Å². The number of alkyl halides is 1. The van der Waals surface area contributed by atoms with Crippen molar-refractivity contribution in [2.45, 2.75) is 27.2 Å². The topological polar surface area (TPSA) is 20.3 Å². The lowest BCUT2D eigenvalue weighted by Crippen LogP contribution is -2.28. The highest BCUT2D eigenvalue weighted by Crippen LogP contribution is 2.21. The van der Waals surface area contributed by atoms with E-state index in [0.29, 0.717) is 12.4 Å². The van der Waals surface area contributed by atoms with E-state index in [0.717, 1.165) is 17.7 Å². The van der Waals surface area contributed by atoms with Crippen LogP contribution in [0.5, 0.6) is 0 Å². The maximum atomic E-state index is 11.4. The van der Waals surface area contributed by atoms with Gasteiger partial charge in [-0.05, 0) is 37.5 Å². The van der Waals surface area contributed by atoms with Gasteiger partial charge in [-0.1, -0.05) is 12.1 Å². The van der Waals surface area contributed by atoms with Crippen LogP contribution in [-0.2, 0) is 11.2 Å². The molecule has 0 fully saturated rings. The number of nitrogens with zero attached hydrogens (tertiary/aromatic N) is 1. The van der Waals surface area contributed by atoms with Crippen molar-refractivity contribution in [1.29, 1.82) is 0 Å². The van der Waals surface area contributed by atoms with E-state index in [4.69, 9.17) is 11.6 Å². The zero-order chi connectivity index (χ0) is 12.1. The van der Waals surface area contributed by atoms with Gasteiger partial charge in [0.2, 0.25) is 5.91 Å². The van der Waals surface area contributed by atoms with Crippen LogP contribution in [0.3, 0.4) is 0 Å². The molecule has 1 aromatic carbocycles. The molecule has 0 saturated heterocycles. The standard InChI is InChI=1S/C13H18ClNO/c1-4-15(11(3)16)13-6-5-12(7-8-14)9-10(13)2/h5-6,9H,4,7-8H2,1-3H3. The van der Waals surface area contributed by atoms with Gasteiger partial charge >= 0.3 is 0 Å². The third kappa shape index (κ3) is 2.99. The fourth-order valence-corrected chi connectivity index (χ4v) is 2.07. The highest BCUT2D eigenvalue weighted by molar-refractivity contribution is 6.18. The van der Waals surface area contributed by atoms with Crippen molar-refractivity contribution in [3.8, 4) is 0 Å². The van der Waals surface area contributed by atoms with Crippen molar-refractivity contribution < 1.29 is 4.79 Å². The van der Waals surface area contributed by atoms with Crippen molar-refractivity contribution >= 4 is 23.2 Å². The summed E-state index contributed by atoms with van der Waals surface area (Å²) in [5.41, 5.74) is 3.34. The quantitative estimate of drug-likeness (QED) is 0.740. The van der Waals surface area contributed by atoms with Crippen LogP contribution >= 0.6 is 11.6 Å². The summed E-state index contributed by atoms with van der Waals surface area (Å²) in [7, 11) is 0. The minimum absolute atomic E-state index is 0.0793. The van der Waals surface area contributed by atoms with Crippen molar-refractivity contribution in [1.82, 2.24) is 0 Å². The fourth-order valence-electron chi connectivity index (χ4n) is 1.85. The molecule has 1 aromatic rings. The first-order valence-corrected chi connectivity index (χ1v) is 6.07. The van der Waals surface area contributed by atoms with Crippen molar-refractivity contribution in [3.05, 3.63) is 29.3 Å². The van der Waals surface area contributed by atoms with Crippen LogP contribution in [0.4, 0.5) is 5.69 Å². The Hall–Kier alpha value is -1.02. The first-order valence-electron chi connectivity index (χ1n) is 5.53. The molecule has 0 aliphatic rings. The maximum absolute atomic E-state index is 11.4. The van der Waals surface area contributed by atoms with Gasteiger partial charge < -0.3 is 4.90 Å². The van der Waals surface area contributed by atoms with E-state index in [2.05, 4.69) is 6.07 Å². The summed E-state index contributed by atoms with van der Waals surface area (Å²) >= 11 is 5.70. The molecule has 0 N–H and O–H groups in total. The molecule has 0 radical (unpaired) electrons. The van der Waals surface area contributed by atoms with Crippen molar-refractivity contribution in [2.24, 2.45) is 0 Å². The summed E-state index contributed by atoms with van der Waals surface area (Å²) in [5, 5.41) is 0. The number of amides is 1. The SMILES string of the molecule is CCN(C(C)=O)c1ccc(CCCl)cc1C. The Morgan fingerprint density at radius 1 is 1.44 bits per heavy atom. The summed E-state index contributed by atoms with van der Waals surface area (Å²) < 4.78 is 0. The molecule has 0 aliphatic heterocycles. The van der Waals surface area contributed by atoms with Crippen LogP contribution in [0.2, 0.25) is 0 Å². The average Bonchev–Trinajstić information content (AvgIpc) is 2.22. The predicted octanol–water partition coefficient (Wildman–Crippen LogP) is 3.15. The van der Waals surface area contributed by atoms with Crippen LogP contribution in [0.25, 0.3) is 0 Å².